The molecule has 0 aliphatic rings. The third-order valence-corrected chi connectivity index (χ3v) is 9.34. The number of furan rings is 1. The van der Waals surface area contributed by atoms with Gasteiger partial charge in [0.1, 0.15) is 0 Å². The van der Waals surface area contributed by atoms with E-state index in [0.717, 1.165) is 34.0 Å². The van der Waals surface area contributed by atoms with Crippen LogP contribution in [0.25, 0.3) is 44.6 Å². The van der Waals surface area contributed by atoms with E-state index in [-0.39, 0.29) is 25.8 Å². The number of nitrogens with zero attached hydrogens (tertiary/aromatic N) is 3. The van der Waals surface area contributed by atoms with Crippen molar-refractivity contribution in [1.82, 2.24) is 15.0 Å². The molecule has 44 heavy (non-hydrogen) atoms. The molecule has 0 atom stereocenters. The first-order valence-electron chi connectivity index (χ1n) is 15.1. The van der Waals surface area contributed by atoms with Crippen LogP contribution in [0.1, 0.15) is 46.1 Å². The summed E-state index contributed by atoms with van der Waals surface area (Å²) in [6.45, 7) is 15.4. The summed E-state index contributed by atoms with van der Waals surface area (Å²) in [6, 6.07) is 27.1. The van der Waals surface area contributed by atoms with Crippen molar-refractivity contribution < 1.29 is 30.3 Å². The summed E-state index contributed by atoms with van der Waals surface area (Å²) < 4.78 is 27.3. The standard InChI is InChI=1S/C19H14FN2O.C18H24NSi.Ir/c1-11(2)12-8-9-21-16(10-12)15-5-3-4-13-14-6-7-17(20)22-19(14)23-18(13)15;1-14(2)11-16-12-17(15-9-7-6-8-10-15)19-13-18(16)20(3,4)5;/h3-4,6-11H,1-2H3;6-9,12-14H,11H2,1-5H3;/q2*-1;/i11D;;. The fourth-order valence-electron chi connectivity index (χ4n) is 5.15. The Bertz CT molecular complexity index is 1910. The van der Waals surface area contributed by atoms with Crippen LogP contribution in [0.3, 0.4) is 0 Å². The average molecular weight is 781 g/mol. The van der Waals surface area contributed by atoms with Gasteiger partial charge in [-0.15, -0.1) is 54.1 Å². The predicted molar refractivity (Wildman–Crippen MR) is 178 cm³/mol. The molecule has 0 saturated carbocycles. The van der Waals surface area contributed by atoms with Crippen molar-refractivity contribution in [2.75, 3.05) is 0 Å². The van der Waals surface area contributed by atoms with E-state index in [0.29, 0.717) is 22.8 Å². The minimum Gasteiger partial charge on any atom is -0.486 e. The SMILES string of the molecule is CC(C)Cc1cc(-c2[c-]cccc2)ncc1[Si](C)(C)C.[2H]C(C)(C)c1ccnc(-c2[c-]ccc3c2oc2nc(F)ccc23)c1.[Ir]. The normalized spacial score (nSPS) is 12.1. The number of halogens is 1. The first-order chi connectivity index (χ1) is 20.8. The van der Waals surface area contributed by atoms with Gasteiger partial charge >= 0.3 is 0 Å². The fourth-order valence-corrected chi connectivity index (χ4v) is 6.74. The number of hydrogen-bond acceptors (Lipinski definition) is 4. The molecule has 0 fully saturated rings. The van der Waals surface area contributed by atoms with E-state index >= 15 is 0 Å². The van der Waals surface area contributed by atoms with Crippen molar-refractivity contribution in [2.45, 2.75) is 59.7 Å². The minimum absolute atomic E-state index is 0. The molecule has 229 valence electrons. The minimum atomic E-state index is -1.34. The zero-order valence-corrected chi connectivity index (χ0v) is 29.6. The van der Waals surface area contributed by atoms with Gasteiger partial charge in [0.2, 0.25) is 11.7 Å². The van der Waals surface area contributed by atoms with Crippen molar-refractivity contribution >= 4 is 35.3 Å². The topological polar surface area (TPSA) is 51.8 Å². The van der Waals surface area contributed by atoms with Gasteiger partial charge in [-0.1, -0.05) is 81.5 Å². The Morgan fingerprint density at radius 2 is 1.70 bits per heavy atom. The van der Waals surface area contributed by atoms with Gasteiger partial charge in [0.25, 0.3) is 0 Å². The summed E-state index contributed by atoms with van der Waals surface area (Å²) in [6.07, 6.45) is 4.91. The second-order valence-corrected chi connectivity index (χ2v) is 17.5. The molecule has 0 aliphatic carbocycles. The molecule has 4 nitrogen and oxygen atoms in total. The molecule has 0 N–H and O–H groups in total. The molecule has 7 heteroatoms. The maximum absolute atomic E-state index is 13.4. The summed E-state index contributed by atoms with van der Waals surface area (Å²) in [7, 11) is -1.34. The molecular formula is C37H38FIrN3OSi-2. The predicted octanol–water partition coefficient (Wildman–Crippen LogP) is 9.40. The Morgan fingerprint density at radius 3 is 2.39 bits per heavy atom. The van der Waals surface area contributed by atoms with Crippen molar-refractivity contribution in [3.8, 4) is 22.5 Å². The average Bonchev–Trinajstić information content (AvgIpc) is 3.34. The van der Waals surface area contributed by atoms with Crippen LogP contribution < -0.4 is 5.19 Å². The Hall–Kier alpha value is -3.51. The second-order valence-electron chi connectivity index (χ2n) is 12.5. The van der Waals surface area contributed by atoms with Gasteiger partial charge in [0.15, 0.2) is 0 Å². The van der Waals surface area contributed by atoms with E-state index in [1.54, 1.807) is 18.3 Å². The number of rotatable bonds is 6. The summed E-state index contributed by atoms with van der Waals surface area (Å²) in [4.78, 5) is 12.9. The van der Waals surface area contributed by atoms with Crippen molar-refractivity contribution in [3.63, 3.8) is 0 Å². The molecule has 0 aliphatic heterocycles. The maximum Gasteiger partial charge on any atom is 0.218 e. The van der Waals surface area contributed by atoms with Gasteiger partial charge in [0.05, 0.1) is 13.7 Å². The molecule has 4 heterocycles. The Balaban J connectivity index is 0.000000204. The summed E-state index contributed by atoms with van der Waals surface area (Å²) >= 11 is 0. The molecule has 1 radical (unpaired) electrons. The third-order valence-electron chi connectivity index (χ3n) is 7.27. The maximum atomic E-state index is 13.4. The zero-order chi connectivity index (χ0) is 31.6. The molecule has 4 aromatic heterocycles. The summed E-state index contributed by atoms with van der Waals surface area (Å²) in [5.74, 6) is -0.646. The smallest absolute Gasteiger partial charge is 0.218 e. The van der Waals surface area contributed by atoms with Crippen molar-refractivity contribution in [1.29, 1.82) is 0 Å². The van der Waals surface area contributed by atoms with Crippen LogP contribution in [0, 0.1) is 24.0 Å². The fraction of sp³-hybridized carbons (Fsp3) is 0.270. The summed E-state index contributed by atoms with van der Waals surface area (Å²) in [5.41, 5.74) is 6.61. The molecule has 0 saturated heterocycles. The van der Waals surface area contributed by atoms with E-state index in [1.165, 1.54) is 16.8 Å². The van der Waals surface area contributed by atoms with Gasteiger partial charge in [-0.25, -0.2) is 0 Å². The molecule has 2 aromatic carbocycles. The van der Waals surface area contributed by atoms with Gasteiger partial charge < -0.3 is 14.4 Å². The van der Waals surface area contributed by atoms with Gasteiger partial charge in [-0.3, -0.25) is 0 Å². The van der Waals surface area contributed by atoms with E-state index in [9.17, 15) is 4.39 Å². The van der Waals surface area contributed by atoms with Crippen molar-refractivity contribution in [2.24, 2.45) is 5.92 Å². The Labute approximate surface area is 276 Å². The van der Waals surface area contributed by atoms with E-state index < -0.39 is 19.9 Å². The van der Waals surface area contributed by atoms with Gasteiger partial charge in [-0.2, -0.15) is 9.37 Å². The van der Waals surface area contributed by atoms with Crippen LogP contribution in [-0.4, -0.2) is 23.0 Å². The quantitative estimate of drug-likeness (QED) is 0.0961. The molecule has 6 rings (SSSR count). The van der Waals surface area contributed by atoms with Gasteiger partial charge in [0, 0.05) is 39.3 Å². The van der Waals surface area contributed by atoms with Gasteiger partial charge in [-0.05, 0) is 53.0 Å². The summed E-state index contributed by atoms with van der Waals surface area (Å²) in [5, 5.41) is 3.08. The Morgan fingerprint density at radius 1 is 0.909 bits per heavy atom. The first-order valence-corrected chi connectivity index (χ1v) is 18.1. The Kier molecular flexibility index (Phi) is 10.2. The molecule has 0 bridgehead atoms. The largest absolute Gasteiger partial charge is 0.486 e. The van der Waals surface area contributed by atoms with E-state index in [2.05, 4.69) is 78.9 Å². The first kappa shape index (κ1) is 31.9. The monoisotopic (exact) mass is 781 g/mol. The van der Waals surface area contributed by atoms with Crippen LogP contribution in [0.2, 0.25) is 19.6 Å². The number of fused-ring (bicyclic) bond motifs is 3. The molecule has 0 unspecified atom stereocenters. The third kappa shape index (κ3) is 7.58. The van der Waals surface area contributed by atoms with Crippen LogP contribution in [0.15, 0.2) is 83.5 Å². The molecule has 0 spiro atoms. The second kappa shape index (κ2) is 14.1. The molecule has 0 amide bonds. The van der Waals surface area contributed by atoms with Crippen LogP contribution >= 0.6 is 0 Å². The number of pyridine rings is 3. The van der Waals surface area contributed by atoms with Crippen LogP contribution in [-0.2, 0) is 26.5 Å². The number of aromatic nitrogens is 3. The van der Waals surface area contributed by atoms with E-state index in [1.807, 2.05) is 50.2 Å². The number of hydrogen-bond donors (Lipinski definition) is 0. The van der Waals surface area contributed by atoms with Crippen molar-refractivity contribution in [3.05, 3.63) is 108 Å². The number of benzene rings is 2. The van der Waals surface area contributed by atoms with Crippen LogP contribution in [0.4, 0.5) is 4.39 Å². The van der Waals surface area contributed by atoms with Crippen LogP contribution in [0.5, 0.6) is 0 Å². The molecular weight excluding hydrogens is 742 g/mol. The zero-order valence-electron chi connectivity index (χ0n) is 27.3. The van der Waals surface area contributed by atoms with E-state index in [4.69, 9.17) is 5.79 Å². The molecule has 6 aromatic rings.